The van der Waals surface area contributed by atoms with Crippen molar-refractivity contribution in [1.29, 1.82) is 0 Å². The van der Waals surface area contributed by atoms with Gasteiger partial charge in [0, 0.05) is 31.4 Å². The summed E-state index contributed by atoms with van der Waals surface area (Å²) in [7, 11) is 0. The number of halogens is 1. The fraction of sp³-hybridized carbons (Fsp3) is 0.481. The molecular formula is C27H32FNO5. The minimum absolute atomic E-state index is 0.0427. The van der Waals surface area contributed by atoms with Crippen LogP contribution in [0.1, 0.15) is 54.4 Å². The van der Waals surface area contributed by atoms with E-state index in [-0.39, 0.29) is 30.1 Å². The summed E-state index contributed by atoms with van der Waals surface area (Å²) >= 11 is 0. The molecule has 0 aromatic heterocycles. The van der Waals surface area contributed by atoms with Gasteiger partial charge in [0.05, 0.1) is 0 Å². The number of unbranched alkanes of at least 4 members (excludes halogenated alkanes) is 1. The molecule has 7 heteroatoms. The third-order valence-electron chi connectivity index (χ3n) is 6.23. The molecule has 4 rings (SSSR count). The Bertz CT molecular complexity index is 971. The second-order valence-electron chi connectivity index (χ2n) is 8.94. The second kappa shape index (κ2) is 12.0. The molecule has 2 aromatic rings. The SMILES string of the molecule is O=C(CCCCC(=O)c1ccc(F)cc1)OC(Cc1ccc2c(c1)OCCO2)CN1CCCC1. The van der Waals surface area contributed by atoms with Crippen molar-refractivity contribution < 1.29 is 28.2 Å². The lowest BCUT2D eigenvalue weighted by Crippen LogP contribution is -2.35. The number of ether oxygens (including phenoxy) is 3. The number of Topliss-reactive ketones (excluding diaryl/α,β-unsaturated/α-hetero) is 1. The summed E-state index contributed by atoms with van der Waals surface area (Å²) in [6.07, 6.45) is 4.48. The van der Waals surface area contributed by atoms with E-state index in [1.165, 1.54) is 37.1 Å². The molecule has 0 aliphatic carbocycles. The van der Waals surface area contributed by atoms with Crippen LogP contribution in [-0.4, -0.2) is 55.6 Å². The van der Waals surface area contributed by atoms with Crippen LogP contribution >= 0.6 is 0 Å². The molecule has 0 N–H and O–H groups in total. The summed E-state index contributed by atoms with van der Waals surface area (Å²) in [4.78, 5) is 27.1. The highest BCUT2D eigenvalue weighted by molar-refractivity contribution is 5.95. The summed E-state index contributed by atoms with van der Waals surface area (Å²) in [6.45, 7) is 3.86. The molecule has 2 aliphatic rings. The van der Waals surface area contributed by atoms with E-state index in [4.69, 9.17) is 14.2 Å². The number of hydrogen-bond donors (Lipinski definition) is 0. The molecule has 0 spiro atoms. The van der Waals surface area contributed by atoms with E-state index >= 15 is 0 Å². The van der Waals surface area contributed by atoms with Crippen LogP contribution in [0.15, 0.2) is 42.5 Å². The van der Waals surface area contributed by atoms with Crippen molar-refractivity contribution in [3.8, 4) is 11.5 Å². The molecule has 0 saturated carbocycles. The van der Waals surface area contributed by atoms with Crippen molar-refractivity contribution in [3.05, 3.63) is 59.4 Å². The van der Waals surface area contributed by atoms with Gasteiger partial charge in [-0.15, -0.1) is 0 Å². The highest BCUT2D eigenvalue weighted by atomic mass is 19.1. The van der Waals surface area contributed by atoms with Gasteiger partial charge < -0.3 is 14.2 Å². The number of nitrogens with zero attached hydrogens (tertiary/aromatic N) is 1. The Balaban J connectivity index is 1.26. The Hall–Kier alpha value is -2.93. The standard InChI is InChI=1S/C27H32FNO5/c28-22-10-8-21(9-11-22)24(30)5-1-2-6-27(31)34-23(19-29-13-3-4-14-29)17-20-7-12-25-26(18-20)33-16-15-32-25/h7-12,18,23H,1-6,13-17,19H2. The smallest absolute Gasteiger partial charge is 0.306 e. The van der Waals surface area contributed by atoms with Gasteiger partial charge in [0.2, 0.25) is 0 Å². The van der Waals surface area contributed by atoms with Crippen molar-refractivity contribution in [2.24, 2.45) is 0 Å². The molecule has 1 fully saturated rings. The minimum Gasteiger partial charge on any atom is -0.486 e. The number of esters is 1. The number of ketones is 1. The van der Waals surface area contributed by atoms with Crippen LogP contribution in [0.25, 0.3) is 0 Å². The van der Waals surface area contributed by atoms with Crippen molar-refractivity contribution in [2.45, 2.75) is 51.0 Å². The summed E-state index contributed by atoms with van der Waals surface area (Å²) in [5.74, 6) is 0.841. The van der Waals surface area contributed by atoms with Crippen LogP contribution in [0.2, 0.25) is 0 Å². The number of fused-ring (bicyclic) bond motifs is 1. The molecule has 34 heavy (non-hydrogen) atoms. The van der Waals surface area contributed by atoms with E-state index < -0.39 is 0 Å². The Morgan fingerprint density at radius 3 is 2.41 bits per heavy atom. The summed E-state index contributed by atoms with van der Waals surface area (Å²) in [5.41, 5.74) is 1.54. The van der Waals surface area contributed by atoms with Gasteiger partial charge >= 0.3 is 5.97 Å². The highest BCUT2D eigenvalue weighted by Gasteiger charge is 2.22. The average Bonchev–Trinajstić information content (AvgIpc) is 3.35. The second-order valence-corrected chi connectivity index (χ2v) is 8.94. The van der Waals surface area contributed by atoms with Gasteiger partial charge in [-0.1, -0.05) is 6.07 Å². The van der Waals surface area contributed by atoms with Gasteiger partial charge in [0.25, 0.3) is 0 Å². The van der Waals surface area contributed by atoms with E-state index in [0.29, 0.717) is 51.0 Å². The van der Waals surface area contributed by atoms with Gasteiger partial charge in [-0.3, -0.25) is 14.5 Å². The Morgan fingerprint density at radius 2 is 1.65 bits per heavy atom. The number of benzene rings is 2. The molecule has 2 heterocycles. The van der Waals surface area contributed by atoms with Gasteiger partial charge in [-0.2, -0.15) is 0 Å². The first kappa shape index (κ1) is 24.2. The zero-order chi connectivity index (χ0) is 23.8. The number of carbonyl (C=O) groups is 2. The van der Waals surface area contributed by atoms with Gasteiger partial charge in [0.15, 0.2) is 17.3 Å². The fourth-order valence-corrected chi connectivity index (χ4v) is 4.45. The maximum Gasteiger partial charge on any atom is 0.306 e. The molecule has 2 aromatic carbocycles. The Morgan fingerprint density at radius 1 is 0.941 bits per heavy atom. The van der Waals surface area contributed by atoms with Crippen LogP contribution in [0, 0.1) is 5.82 Å². The predicted molar refractivity (Wildman–Crippen MR) is 126 cm³/mol. The first-order valence-corrected chi connectivity index (χ1v) is 12.2. The van der Waals surface area contributed by atoms with E-state index in [0.717, 1.165) is 30.2 Å². The summed E-state index contributed by atoms with van der Waals surface area (Å²) < 4.78 is 30.2. The van der Waals surface area contributed by atoms with Gasteiger partial charge in [-0.05, 0) is 80.7 Å². The van der Waals surface area contributed by atoms with Crippen molar-refractivity contribution in [1.82, 2.24) is 4.90 Å². The minimum atomic E-state index is -0.362. The molecule has 1 saturated heterocycles. The number of rotatable bonds is 11. The zero-order valence-electron chi connectivity index (χ0n) is 19.5. The number of carbonyl (C=O) groups excluding carboxylic acids is 2. The maximum absolute atomic E-state index is 13.0. The first-order valence-electron chi connectivity index (χ1n) is 12.2. The van der Waals surface area contributed by atoms with Crippen molar-refractivity contribution in [2.75, 3.05) is 32.8 Å². The predicted octanol–water partition coefficient (Wildman–Crippen LogP) is 4.59. The number of likely N-dealkylation sites (tertiary alicyclic amines) is 1. The molecule has 0 amide bonds. The monoisotopic (exact) mass is 469 g/mol. The van der Waals surface area contributed by atoms with Crippen LogP contribution < -0.4 is 9.47 Å². The number of hydrogen-bond acceptors (Lipinski definition) is 6. The average molecular weight is 470 g/mol. The highest BCUT2D eigenvalue weighted by Crippen LogP contribution is 2.31. The third-order valence-corrected chi connectivity index (χ3v) is 6.23. The molecule has 6 nitrogen and oxygen atoms in total. The molecule has 2 aliphatic heterocycles. The van der Waals surface area contributed by atoms with E-state index in [1.54, 1.807) is 0 Å². The first-order chi connectivity index (χ1) is 16.6. The normalized spacial score (nSPS) is 16.3. The van der Waals surface area contributed by atoms with Crippen LogP contribution in [0.4, 0.5) is 4.39 Å². The molecular weight excluding hydrogens is 437 g/mol. The molecule has 1 unspecified atom stereocenters. The van der Waals surface area contributed by atoms with Gasteiger partial charge in [-0.25, -0.2) is 4.39 Å². The topological polar surface area (TPSA) is 65.1 Å². The molecule has 0 bridgehead atoms. The quantitative estimate of drug-likeness (QED) is 0.273. The largest absolute Gasteiger partial charge is 0.486 e. The molecule has 1 atom stereocenters. The molecule has 0 radical (unpaired) electrons. The Labute approximate surface area is 200 Å². The van der Waals surface area contributed by atoms with Crippen LogP contribution in [0.5, 0.6) is 11.5 Å². The van der Waals surface area contributed by atoms with Gasteiger partial charge in [0.1, 0.15) is 25.1 Å². The maximum atomic E-state index is 13.0. The third kappa shape index (κ3) is 7.03. The van der Waals surface area contributed by atoms with Crippen molar-refractivity contribution >= 4 is 11.8 Å². The van der Waals surface area contributed by atoms with E-state index in [9.17, 15) is 14.0 Å². The Kier molecular flexibility index (Phi) is 8.52. The zero-order valence-corrected chi connectivity index (χ0v) is 19.5. The van der Waals surface area contributed by atoms with Crippen molar-refractivity contribution in [3.63, 3.8) is 0 Å². The molecule has 182 valence electrons. The lowest BCUT2D eigenvalue weighted by Gasteiger charge is -2.25. The van der Waals surface area contributed by atoms with Crippen LogP contribution in [-0.2, 0) is 16.0 Å². The summed E-state index contributed by atoms with van der Waals surface area (Å²) in [5, 5.41) is 0. The van der Waals surface area contributed by atoms with E-state index in [1.807, 2.05) is 18.2 Å². The van der Waals surface area contributed by atoms with Crippen LogP contribution in [0.3, 0.4) is 0 Å². The lowest BCUT2D eigenvalue weighted by molar-refractivity contribution is -0.150. The van der Waals surface area contributed by atoms with E-state index in [2.05, 4.69) is 4.90 Å². The lowest BCUT2D eigenvalue weighted by atomic mass is 10.0. The fourth-order valence-electron chi connectivity index (χ4n) is 4.45. The summed E-state index contributed by atoms with van der Waals surface area (Å²) in [6, 6.07) is 11.4.